The molecule has 23 heavy (non-hydrogen) atoms. The third-order valence-electron chi connectivity index (χ3n) is 3.41. The van der Waals surface area contributed by atoms with Crippen LogP contribution in [0.15, 0.2) is 71.3 Å². The summed E-state index contributed by atoms with van der Waals surface area (Å²) < 4.78 is 19.2. The Balaban J connectivity index is 1.91. The lowest BCUT2D eigenvalue weighted by molar-refractivity contribution is 0.0938. The topological polar surface area (TPSA) is 42.2 Å². The molecule has 0 saturated carbocycles. The molecule has 1 N–H and O–H groups in total. The van der Waals surface area contributed by atoms with Gasteiger partial charge < -0.3 is 9.73 Å². The monoisotopic (exact) mass is 421 g/mol. The Morgan fingerprint density at radius 3 is 2.52 bits per heavy atom. The average molecular weight is 421 g/mol. The van der Waals surface area contributed by atoms with E-state index in [0.717, 1.165) is 5.56 Å². The zero-order chi connectivity index (χ0) is 16.2. The summed E-state index contributed by atoms with van der Waals surface area (Å²) in [5, 5.41) is 2.95. The van der Waals surface area contributed by atoms with Gasteiger partial charge in [0.2, 0.25) is 0 Å². The average Bonchev–Trinajstić information content (AvgIpc) is 3.07. The van der Waals surface area contributed by atoms with Gasteiger partial charge in [-0.25, -0.2) is 4.39 Å². The van der Waals surface area contributed by atoms with Crippen LogP contribution < -0.4 is 5.32 Å². The van der Waals surface area contributed by atoms with Crippen LogP contribution >= 0.6 is 22.6 Å². The molecule has 0 aliphatic rings. The Bertz CT molecular complexity index is 803. The molecule has 1 atom stereocenters. The molecule has 1 amide bonds. The van der Waals surface area contributed by atoms with Crippen molar-refractivity contribution in [2.75, 3.05) is 0 Å². The minimum absolute atomic E-state index is 0.278. The van der Waals surface area contributed by atoms with Gasteiger partial charge >= 0.3 is 0 Å². The fourth-order valence-electron chi connectivity index (χ4n) is 2.30. The Morgan fingerprint density at radius 2 is 1.87 bits per heavy atom. The third kappa shape index (κ3) is 3.61. The molecule has 0 aliphatic carbocycles. The predicted octanol–water partition coefficient (Wildman–Crippen LogP) is 4.54. The van der Waals surface area contributed by atoms with E-state index in [9.17, 15) is 9.18 Å². The summed E-state index contributed by atoms with van der Waals surface area (Å²) in [5.74, 6) is -0.00193. The summed E-state index contributed by atoms with van der Waals surface area (Å²) >= 11 is 1.95. The summed E-state index contributed by atoms with van der Waals surface area (Å²) in [6.45, 7) is 0. The molecule has 3 aromatic rings. The number of halogens is 2. The first kappa shape index (κ1) is 15.7. The van der Waals surface area contributed by atoms with Crippen LogP contribution in [0.1, 0.15) is 27.7 Å². The highest BCUT2D eigenvalue weighted by Crippen LogP contribution is 2.23. The van der Waals surface area contributed by atoms with E-state index in [1.807, 2.05) is 59.0 Å². The second-order valence-corrected chi connectivity index (χ2v) is 6.12. The molecule has 0 bridgehead atoms. The van der Waals surface area contributed by atoms with Gasteiger partial charge in [-0.2, -0.15) is 0 Å². The van der Waals surface area contributed by atoms with E-state index in [4.69, 9.17) is 4.42 Å². The summed E-state index contributed by atoms with van der Waals surface area (Å²) in [5.41, 5.74) is 1.34. The zero-order valence-corrected chi connectivity index (χ0v) is 14.2. The number of furan rings is 1. The molecule has 0 aliphatic heterocycles. The molecule has 0 fully saturated rings. The summed E-state index contributed by atoms with van der Waals surface area (Å²) in [7, 11) is 0. The van der Waals surface area contributed by atoms with Gasteiger partial charge in [0.15, 0.2) is 0 Å². The van der Waals surface area contributed by atoms with E-state index in [0.29, 0.717) is 14.9 Å². The fraction of sp³-hybridized carbons (Fsp3) is 0.0556. The van der Waals surface area contributed by atoms with Gasteiger partial charge in [-0.15, -0.1) is 0 Å². The first-order valence-electron chi connectivity index (χ1n) is 6.99. The van der Waals surface area contributed by atoms with Crippen molar-refractivity contribution in [2.45, 2.75) is 6.04 Å². The number of carbonyl (C=O) groups is 1. The molecular formula is C18H13FINO2. The highest BCUT2D eigenvalue weighted by atomic mass is 127. The molecule has 0 saturated heterocycles. The van der Waals surface area contributed by atoms with E-state index >= 15 is 0 Å². The van der Waals surface area contributed by atoms with Gasteiger partial charge in [0.05, 0.1) is 11.8 Å². The second-order valence-electron chi connectivity index (χ2n) is 4.96. The van der Waals surface area contributed by atoms with Crippen molar-refractivity contribution in [3.63, 3.8) is 0 Å². The van der Waals surface area contributed by atoms with Crippen molar-refractivity contribution in [3.05, 3.63) is 93.2 Å². The van der Waals surface area contributed by atoms with Crippen LogP contribution in [-0.4, -0.2) is 5.91 Å². The molecule has 3 nitrogen and oxygen atoms in total. The van der Waals surface area contributed by atoms with Gasteiger partial charge in [0.25, 0.3) is 5.91 Å². The number of carbonyl (C=O) groups excluding carboxylic acids is 1. The Kier molecular flexibility index (Phi) is 4.76. The predicted molar refractivity (Wildman–Crippen MR) is 93.6 cm³/mol. The molecule has 1 heterocycles. The zero-order valence-electron chi connectivity index (χ0n) is 12.0. The molecule has 0 radical (unpaired) electrons. The van der Waals surface area contributed by atoms with Gasteiger partial charge in [0.1, 0.15) is 17.6 Å². The lowest BCUT2D eigenvalue weighted by Crippen LogP contribution is -2.29. The Hall–Kier alpha value is -2.15. The quantitative estimate of drug-likeness (QED) is 0.629. The number of hydrogen-bond donors (Lipinski definition) is 1. The summed E-state index contributed by atoms with van der Waals surface area (Å²) in [6.07, 6.45) is 1.57. The first-order valence-corrected chi connectivity index (χ1v) is 8.07. The maximum Gasteiger partial charge on any atom is 0.253 e. The fourth-order valence-corrected chi connectivity index (χ4v) is 3.02. The van der Waals surface area contributed by atoms with Crippen molar-refractivity contribution in [1.29, 1.82) is 0 Å². The molecule has 1 unspecified atom stereocenters. The molecular weight excluding hydrogens is 408 g/mol. The molecule has 1 aromatic heterocycles. The maximum atomic E-state index is 13.2. The lowest BCUT2D eigenvalue weighted by Gasteiger charge is -2.17. The van der Waals surface area contributed by atoms with E-state index in [2.05, 4.69) is 5.32 Å². The summed E-state index contributed by atoms with van der Waals surface area (Å²) in [4.78, 5) is 12.6. The van der Waals surface area contributed by atoms with E-state index in [-0.39, 0.29) is 11.7 Å². The molecule has 0 spiro atoms. The molecule has 2 aromatic carbocycles. The van der Waals surface area contributed by atoms with Crippen molar-refractivity contribution >= 4 is 28.5 Å². The second kappa shape index (κ2) is 6.95. The van der Waals surface area contributed by atoms with Gasteiger partial charge in [-0.3, -0.25) is 4.79 Å². The lowest BCUT2D eigenvalue weighted by atomic mass is 10.0. The normalized spacial score (nSPS) is 11.9. The molecule has 5 heteroatoms. The van der Waals surface area contributed by atoms with E-state index in [1.54, 1.807) is 12.3 Å². The Morgan fingerprint density at radius 1 is 1.09 bits per heavy atom. The van der Waals surface area contributed by atoms with Crippen LogP contribution in [0.3, 0.4) is 0 Å². The van der Waals surface area contributed by atoms with Gasteiger partial charge in [-0.05, 0) is 58.5 Å². The smallest absolute Gasteiger partial charge is 0.253 e. The SMILES string of the molecule is O=C(NC(c1ccccc1)c1ccco1)c1ccc(F)cc1I. The number of rotatable bonds is 4. The highest BCUT2D eigenvalue weighted by molar-refractivity contribution is 14.1. The highest BCUT2D eigenvalue weighted by Gasteiger charge is 2.21. The molecule has 116 valence electrons. The van der Waals surface area contributed by atoms with Crippen LogP contribution in [0.25, 0.3) is 0 Å². The molecule has 3 rings (SSSR count). The number of nitrogens with one attached hydrogen (secondary N) is 1. The van der Waals surface area contributed by atoms with Crippen LogP contribution in [0, 0.1) is 9.39 Å². The van der Waals surface area contributed by atoms with Gasteiger partial charge in [-0.1, -0.05) is 30.3 Å². The number of hydrogen-bond acceptors (Lipinski definition) is 2. The largest absolute Gasteiger partial charge is 0.467 e. The van der Waals surface area contributed by atoms with E-state index < -0.39 is 6.04 Å². The van der Waals surface area contributed by atoms with Crippen LogP contribution in [0.2, 0.25) is 0 Å². The minimum atomic E-state index is -0.403. The van der Waals surface area contributed by atoms with Crippen LogP contribution in [-0.2, 0) is 0 Å². The van der Waals surface area contributed by atoms with Crippen LogP contribution in [0.4, 0.5) is 4.39 Å². The third-order valence-corrected chi connectivity index (χ3v) is 4.30. The van der Waals surface area contributed by atoms with Crippen LogP contribution in [0.5, 0.6) is 0 Å². The number of amides is 1. The van der Waals surface area contributed by atoms with Crippen molar-refractivity contribution in [3.8, 4) is 0 Å². The van der Waals surface area contributed by atoms with Crippen molar-refractivity contribution < 1.29 is 13.6 Å². The standard InChI is InChI=1S/C18H13FINO2/c19-13-8-9-14(15(20)11-13)18(22)21-17(16-7-4-10-23-16)12-5-2-1-3-6-12/h1-11,17H,(H,21,22). The van der Waals surface area contributed by atoms with Crippen molar-refractivity contribution in [2.24, 2.45) is 0 Å². The van der Waals surface area contributed by atoms with E-state index in [1.165, 1.54) is 18.2 Å². The van der Waals surface area contributed by atoms with Crippen molar-refractivity contribution in [1.82, 2.24) is 5.32 Å². The number of benzene rings is 2. The minimum Gasteiger partial charge on any atom is -0.467 e. The maximum absolute atomic E-state index is 13.2. The summed E-state index contributed by atoms with van der Waals surface area (Å²) in [6, 6.07) is 16.8. The first-order chi connectivity index (χ1) is 11.1. The Labute approximate surface area is 146 Å². The van der Waals surface area contributed by atoms with Gasteiger partial charge in [0, 0.05) is 3.57 Å².